The van der Waals surface area contributed by atoms with Gasteiger partial charge in [0.05, 0.1) is 6.61 Å². The number of hydrogen-bond acceptors (Lipinski definition) is 3. The molecule has 3 heteroatoms. The summed E-state index contributed by atoms with van der Waals surface area (Å²) in [6.07, 6.45) is 10.2. The monoisotopic (exact) mass is 254 g/mol. The number of hydrogen-bond donors (Lipinski definition) is 0. The summed E-state index contributed by atoms with van der Waals surface area (Å²) in [6.45, 7) is 4.64. The van der Waals surface area contributed by atoms with Crippen LogP contribution in [0.25, 0.3) is 0 Å². The Hall–Kier alpha value is -0.570. The van der Waals surface area contributed by atoms with Gasteiger partial charge in [0.1, 0.15) is 5.60 Å². The van der Waals surface area contributed by atoms with E-state index >= 15 is 0 Å². The summed E-state index contributed by atoms with van der Waals surface area (Å²) >= 11 is 0. The van der Waals surface area contributed by atoms with Gasteiger partial charge in [0, 0.05) is 0 Å². The van der Waals surface area contributed by atoms with Crippen molar-refractivity contribution in [1.82, 2.24) is 0 Å². The standard InChI is InChI=1S/C15H26O3/c1-3-4-5-9-12-17-13(16)14(2)15(18-14)10-7-6-8-11-15/h3-12H2,1-2H3. The third-order valence-electron chi connectivity index (χ3n) is 4.51. The normalized spacial score (nSPS) is 29.2. The Kier molecular flexibility index (Phi) is 4.31. The summed E-state index contributed by atoms with van der Waals surface area (Å²) < 4.78 is 11.2. The summed E-state index contributed by atoms with van der Waals surface area (Å²) in [7, 11) is 0. The van der Waals surface area contributed by atoms with E-state index in [-0.39, 0.29) is 11.6 Å². The first-order chi connectivity index (χ1) is 8.65. The molecule has 0 amide bonds. The van der Waals surface area contributed by atoms with E-state index in [0.717, 1.165) is 25.7 Å². The lowest BCUT2D eigenvalue weighted by Gasteiger charge is -2.20. The lowest BCUT2D eigenvalue weighted by atomic mass is 9.81. The number of epoxide rings is 1. The van der Waals surface area contributed by atoms with Gasteiger partial charge < -0.3 is 9.47 Å². The molecule has 1 saturated carbocycles. The smallest absolute Gasteiger partial charge is 0.341 e. The van der Waals surface area contributed by atoms with Crippen molar-refractivity contribution in [3.63, 3.8) is 0 Å². The first-order valence-corrected chi connectivity index (χ1v) is 7.52. The molecule has 1 spiro atoms. The zero-order valence-electron chi connectivity index (χ0n) is 11.8. The van der Waals surface area contributed by atoms with Crippen LogP contribution < -0.4 is 0 Å². The zero-order chi connectivity index (χ0) is 13.1. The van der Waals surface area contributed by atoms with Crippen molar-refractivity contribution in [2.24, 2.45) is 0 Å². The molecular formula is C15H26O3. The molecule has 1 atom stereocenters. The Morgan fingerprint density at radius 3 is 2.56 bits per heavy atom. The van der Waals surface area contributed by atoms with Gasteiger partial charge in [0.15, 0.2) is 5.60 Å². The molecule has 0 N–H and O–H groups in total. The third-order valence-corrected chi connectivity index (χ3v) is 4.51. The van der Waals surface area contributed by atoms with E-state index in [2.05, 4.69) is 6.92 Å². The minimum atomic E-state index is -0.641. The Morgan fingerprint density at radius 1 is 1.17 bits per heavy atom. The number of unbranched alkanes of at least 4 members (excludes halogenated alkanes) is 3. The van der Waals surface area contributed by atoms with Gasteiger partial charge in [-0.05, 0) is 26.2 Å². The molecule has 1 aliphatic heterocycles. The lowest BCUT2D eigenvalue weighted by Crippen LogP contribution is -2.34. The highest BCUT2D eigenvalue weighted by molar-refractivity contribution is 5.84. The van der Waals surface area contributed by atoms with Crippen molar-refractivity contribution in [3.05, 3.63) is 0 Å². The van der Waals surface area contributed by atoms with Crippen molar-refractivity contribution < 1.29 is 14.3 Å². The highest BCUT2D eigenvalue weighted by atomic mass is 16.7. The average molecular weight is 254 g/mol. The highest BCUT2D eigenvalue weighted by Gasteiger charge is 2.71. The van der Waals surface area contributed by atoms with Crippen molar-refractivity contribution in [2.45, 2.75) is 82.8 Å². The van der Waals surface area contributed by atoms with Crippen LogP contribution in [0.2, 0.25) is 0 Å². The number of rotatable bonds is 6. The number of carbonyl (C=O) groups is 1. The number of esters is 1. The third kappa shape index (κ3) is 2.56. The minimum Gasteiger partial charge on any atom is -0.463 e. The summed E-state index contributed by atoms with van der Waals surface area (Å²) in [5.74, 6) is -0.138. The molecule has 1 heterocycles. The quantitative estimate of drug-likeness (QED) is 0.413. The fourth-order valence-electron chi connectivity index (χ4n) is 3.13. The van der Waals surface area contributed by atoms with Crippen LogP contribution in [0.5, 0.6) is 0 Å². The van der Waals surface area contributed by atoms with Gasteiger partial charge in [-0.15, -0.1) is 0 Å². The molecule has 0 bridgehead atoms. The molecule has 2 rings (SSSR count). The van der Waals surface area contributed by atoms with Crippen molar-refractivity contribution >= 4 is 5.97 Å². The maximum atomic E-state index is 12.1. The molecule has 0 aromatic rings. The number of carbonyl (C=O) groups excluding carboxylic acids is 1. The van der Waals surface area contributed by atoms with Crippen molar-refractivity contribution in [3.8, 4) is 0 Å². The Bertz CT molecular complexity index is 294. The van der Waals surface area contributed by atoms with Gasteiger partial charge in [0.25, 0.3) is 0 Å². The molecule has 1 aliphatic carbocycles. The van der Waals surface area contributed by atoms with Gasteiger partial charge in [-0.25, -0.2) is 4.79 Å². The maximum absolute atomic E-state index is 12.1. The van der Waals surface area contributed by atoms with Crippen LogP contribution in [0, 0.1) is 0 Å². The predicted molar refractivity (Wildman–Crippen MR) is 70.4 cm³/mol. The lowest BCUT2D eigenvalue weighted by molar-refractivity contribution is -0.149. The van der Waals surface area contributed by atoms with Gasteiger partial charge >= 0.3 is 5.97 Å². The second-order valence-corrected chi connectivity index (χ2v) is 5.89. The minimum absolute atomic E-state index is 0.138. The molecule has 0 aromatic carbocycles. The van der Waals surface area contributed by atoms with Crippen LogP contribution in [-0.2, 0) is 14.3 Å². The fraction of sp³-hybridized carbons (Fsp3) is 0.933. The SMILES string of the molecule is CCCCCCOC(=O)C1(C)OC12CCCCC2. The summed E-state index contributed by atoms with van der Waals surface area (Å²) in [5, 5.41) is 0. The average Bonchev–Trinajstić information content (AvgIpc) is 2.95. The van der Waals surface area contributed by atoms with E-state index in [1.165, 1.54) is 32.1 Å². The molecule has 0 aromatic heterocycles. The van der Waals surface area contributed by atoms with Gasteiger partial charge in [-0.2, -0.15) is 0 Å². The largest absolute Gasteiger partial charge is 0.463 e. The van der Waals surface area contributed by atoms with E-state index in [4.69, 9.17) is 9.47 Å². The fourth-order valence-corrected chi connectivity index (χ4v) is 3.13. The van der Waals surface area contributed by atoms with Crippen LogP contribution >= 0.6 is 0 Å². The zero-order valence-corrected chi connectivity index (χ0v) is 11.8. The van der Waals surface area contributed by atoms with Gasteiger partial charge in [-0.3, -0.25) is 0 Å². The molecule has 18 heavy (non-hydrogen) atoms. The van der Waals surface area contributed by atoms with Crippen LogP contribution in [0.15, 0.2) is 0 Å². The Morgan fingerprint density at radius 2 is 1.89 bits per heavy atom. The molecule has 1 saturated heterocycles. The van der Waals surface area contributed by atoms with Gasteiger partial charge in [0.2, 0.25) is 0 Å². The molecule has 3 nitrogen and oxygen atoms in total. The second kappa shape index (κ2) is 5.60. The molecule has 2 aliphatic rings. The first kappa shape index (κ1) is 13.9. The Balaban J connectivity index is 1.73. The van der Waals surface area contributed by atoms with Crippen molar-refractivity contribution in [2.75, 3.05) is 6.61 Å². The van der Waals surface area contributed by atoms with Crippen LogP contribution in [-0.4, -0.2) is 23.8 Å². The summed E-state index contributed by atoms with van der Waals surface area (Å²) in [5.41, 5.74) is -0.816. The first-order valence-electron chi connectivity index (χ1n) is 7.52. The van der Waals surface area contributed by atoms with E-state index < -0.39 is 5.60 Å². The Labute approximate surface area is 110 Å². The van der Waals surface area contributed by atoms with E-state index in [1.807, 2.05) is 6.92 Å². The molecular weight excluding hydrogens is 228 g/mol. The topological polar surface area (TPSA) is 38.8 Å². The molecule has 0 radical (unpaired) electrons. The van der Waals surface area contributed by atoms with Crippen LogP contribution in [0.4, 0.5) is 0 Å². The summed E-state index contributed by atoms with van der Waals surface area (Å²) in [4.78, 5) is 12.1. The van der Waals surface area contributed by atoms with E-state index in [9.17, 15) is 4.79 Å². The van der Waals surface area contributed by atoms with Gasteiger partial charge in [-0.1, -0.05) is 45.4 Å². The number of ether oxygens (including phenoxy) is 2. The second-order valence-electron chi connectivity index (χ2n) is 5.89. The van der Waals surface area contributed by atoms with E-state index in [1.54, 1.807) is 0 Å². The maximum Gasteiger partial charge on any atom is 0.341 e. The molecule has 1 unspecified atom stereocenters. The summed E-state index contributed by atoms with van der Waals surface area (Å²) in [6, 6.07) is 0. The highest BCUT2D eigenvalue weighted by Crippen LogP contribution is 2.56. The predicted octanol–water partition coefficient (Wildman–Crippen LogP) is 3.60. The molecule has 104 valence electrons. The van der Waals surface area contributed by atoms with E-state index in [0.29, 0.717) is 6.61 Å². The van der Waals surface area contributed by atoms with Crippen LogP contribution in [0.3, 0.4) is 0 Å². The van der Waals surface area contributed by atoms with Crippen molar-refractivity contribution in [1.29, 1.82) is 0 Å². The van der Waals surface area contributed by atoms with Crippen LogP contribution in [0.1, 0.15) is 71.6 Å². The molecule has 2 fully saturated rings.